The Hall–Kier alpha value is -0.890. The van der Waals surface area contributed by atoms with Crippen LogP contribution in [-0.2, 0) is 6.54 Å². The van der Waals surface area contributed by atoms with E-state index in [9.17, 15) is 4.39 Å². The standard InChI is InChI=1S/C14H20FN/c1-3-14(7-4-8-14)16-10-12-6-5-11(2)13(15)9-12/h5-6,9,16H,3-4,7-8,10H2,1-2H3. The van der Waals surface area contributed by atoms with E-state index in [1.807, 2.05) is 12.1 Å². The molecule has 1 aliphatic carbocycles. The topological polar surface area (TPSA) is 12.0 Å². The molecule has 0 aliphatic heterocycles. The van der Waals surface area contributed by atoms with E-state index < -0.39 is 0 Å². The van der Waals surface area contributed by atoms with Crippen molar-refractivity contribution >= 4 is 0 Å². The zero-order valence-corrected chi connectivity index (χ0v) is 10.1. The van der Waals surface area contributed by atoms with Gasteiger partial charge in [0, 0.05) is 12.1 Å². The molecule has 2 heteroatoms. The van der Waals surface area contributed by atoms with Crippen molar-refractivity contribution in [2.24, 2.45) is 0 Å². The van der Waals surface area contributed by atoms with E-state index in [0.717, 1.165) is 17.7 Å². The highest BCUT2D eigenvalue weighted by Crippen LogP contribution is 2.34. The van der Waals surface area contributed by atoms with Crippen molar-refractivity contribution in [1.29, 1.82) is 0 Å². The predicted molar refractivity (Wildman–Crippen MR) is 64.8 cm³/mol. The largest absolute Gasteiger partial charge is 0.307 e. The van der Waals surface area contributed by atoms with Crippen LogP contribution in [0.1, 0.15) is 43.7 Å². The molecular formula is C14H20FN. The zero-order chi connectivity index (χ0) is 11.6. The molecule has 1 aliphatic rings. The van der Waals surface area contributed by atoms with Crippen LogP contribution in [0.3, 0.4) is 0 Å². The van der Waals surface area contributed by atoms with Gasteiger partial charge in [0.25, 0.3) is 0 Å². The third-order valence-electron chi connectivity index (χ3n) is 3.89. The van der Waals surface area contributed by atoms with Crippen LogP contribution in [0.4, 0.5) is 4.39 Å². The van der Waals surface area contributed by atoms with Crippen molar-refractivity contribution in [3.63, 3.8) is 0 Å². The number of hydrogen-bond donors (Lipinski definition) is 1. The van der Waals surface area contributed by atoms with Crippen molar-refractivity contribution in [1.82, 2.24) is 5.32 Å². The summed E-state index contributed by atoms with van der Waals surface area (Å²) in [4.78, 5) is 0. The van der Waals surface area contributed by atoms with Crippen molar-refractivity contribution < 1.29 is 4.39 Å². The maximum atomic E-state index is 13.3. The van der Waals surface area contributed by atoms with E-state index in [0.29, 0.717) is 5.54 Å². The molecule has 0 saturated heterocycles. The molecule has 2 rings (SSSR count). The second-order valence-electron chi connectivity index (χ2n) is 4.92. The molecule has 1 saturated carbocycles. The summed E-state index contributed by atoms with van der Waals surface area (Å²) in [5, 5.41) is 3.58. The van der Waals surface area contributed by atoms with Gasteiger partial charge in [-0.3, -0.25) is 0 Å². The van der Waals surface area contributed by atoms with Gasteiger partial charge in [-0.1, -0.05) is 19.1 Å². The Kier molecular flexibility index (Phi) is 3.29. The van der Waals surface area contributed by atoms with Gasteiger partial charge < -0.3 is 5.32 Å². The maximum Gasteiger partial charge on any atom is 0.126 e. The molecule has 0 radical (unpaired) electrons. The molecule has 1 N–H and O–H groups in total. The summed E-state index contributed by atoms with van der Waals surface area (Å²) in [6, 6.07) is 5.50. The summed E-state index contributed by atoms with van der Waals surface area (Å²) in [6.07, 6.45) is 5.01. The van der Waals surface area contributed by atoms with Crippen LogP contribution in [0.15, 0.2) is 18.2 Å². The van der Waals surface area contributed by atoms with Gasteiger partial charge in [-0.15, -0.1) is 0 Å². The molecule has 0 aromatic heterocycles. The smallest absolute Gasteiger partial charge is 0.126 e. The third kappa shape index (κ3) is 2.27. The highest BCUT2D eigenvalue weighted by atomic mass is 19.1. The van der Waals surface area contributed by atoms with Crippen LogP contribution in [-0.4, -0.2) is 5.54 Å². The molecule has 1 aromatic rings. The number of hydrogen-bond acceptors (Lipinski definition) is 1. The summed E-state index contributed by atoms with van der Waals surface area (Å²) in [7, 11) is 0. The Balaban J connectivity index is 1.96. The van der Waals surface area contributed by atoms with Crippen LogP contribution in [0.5, 0.6) is 0 Å². The van der Waals surface area contributed by atoms with E-state index >= 15 is 0 Å². The van der Waals surface area contributed by atoms with Crippen molar-refractivity contribution in [2.45, 2.75) is 51.6 Å². The molecule has 0 atom stereocenters. The Morgan fingerprint density at radius 1 is 1.38 bits per heavy atom. The summed E-state index contributed by atoms with van der Waals surface area (Å²) < 4.78 is 13.3. The summed E-state index contributed by atoms with van der Waals surface area (Å²) in [5.74, 6) is -0.0987. The minimum atomic E-state index is -0.0987. The lowest BCUT2D eigenvalue weighted by Crippen LogP contribution is -2.49. The lowest BCUT2D eigenvalue weighted by molar-refractivity contribution is 0.175. The SMILES string of the molecule is CCC1(NCc2ccc(C)c(F)c2)CCC1. The summed E-state index contributed by atoms with van der Waals surface area (Å²) in [5.41, 5.74) is 2.10. The molecule has 1 nitrogen and oxygen atoms in total. The lowest BCUT2D eigenvalue weighted by Gasteiger charge is -2.42. The fourth-order valence-corrected chi connectivity index (χ4v) is 2.29. The first-order valence-corrected chi connectivity index (χ1v) is 6.15. The van der Waals surface area contributed by atoms with Crippen LogP contribution in [0.25, 0.3) is 0 Å². The van der Waals surface area contributed by atoms with Gasteiger partial charge in [0.1, 0.15) is 5.82 Å². The third-order valence-corrected chi connectivity index (χ3v) is 3.89. The van der Waals surface area contributed by atoms with Gasteiger partial charge in [-0.05, 0) is 49.8 Å². The average molecular weight is 221 g/mol. The minimum Gasteiger partial charge on any atom is -0.307 e. The van der Waals surface area contributed by atoms with Gasteiger partial charge in [0.05, 0.1) is 0 Å². The second-order valence-corrected chi connectivity index (χ2v) is 4.92. The Bertz CT molecular complexity index is 363. The fraction of sp³-hybridized carbons (Fsp3) is 0.571. The highest BCUT2D eigenvalue weighted by molar-refractivity contribution is 5.23. The number of halogens is 1. The first-order chi connectivity index (χ1) is 7.65. The first kappa shape index (κ1) is 11.6. The van der Waals surface area contributed by atoms with Gasteiger partial charge >= 0.3 is 0 Å². The predicted octanol–water partition coefficient (Wildman–Crippen LogP) is 3.56. The number of nitrogens with one attached hydrogen (secondary N) is 1. The monoisotopic (exact) mass is 221 g/mol. The Morgan fingerprint density at radius 2 is 2.12 bits per heavy atom. The van der Waals surface area contributed by atoms with Crippen LogP contribution < -0.4 is 5.32 Å². The average Bonchev–Trinajstić information content (AvgIpc) is 2.22. The van der Waals surface area contributed by atoms with E-state index in [1.54, 1.807) is 13.0 Å². The zero-order valence-electron chi connectivity index (χ0n) is 10.1. The minimum absolute atomic E-state index is 0.0987. The molecule has 0 amide bonds. The normalized spacial score (nSPS) is 18.2. The Morgan fingerprint density at radius 3 is 2.62 bits per heavy atom. The molecule has 0 heterocycles. The van der Waals surface area contributed by atoms with Crippen LogP contribution >= 0.6 is 0 Å². The molecule has 0 bridgehead atoms. The molecule has 1 fully saturated rings. The van der Waals surface area contributed by atoms with Crippen LogP contribution in [0.2, 0.25) is 0 Å². The van der Waals surface area contributed by atoms with Gasteiger partial charge in [0.15, 0.2) is 0 Å². The second kappa shape index (κ2) is 4.54. The lowest BCUT2D eigenvalue weighted by atomic mass is 9.75. The fourth-order valence-electron chi connectivity index (χ4n) is 2.29. The van der Waals surface area contributed by atoms with E-state index in [1.165, 1.54) is 25.7 Å². The number of rotatable bonds is 4. The van der Waals surface area contributed by atoms with Crippen molar-refractivity contribution in [2.75, 3.05) is 0 Å². The van der Waals surface area contributed by atoms with Crippen molar-refractivity contribution in [3.05, 3.63) is 35.1 Å². The first-order valence-electron chi connectivity index (χ1n) is 6.15. The maximum absolute atomic E-state index is 13.3. The Labute approximate surface area is 97.1 Å². The van der Waals surface area contributed by atoms with Gasteiger partial charge in [-0.25, -0.2) is 4.39 Å². The molecular weight excluding hydrogens is 201 g/mol. The number of aryl methyl sites for hydroxylation is 1. The van der Waals surface area contributed by atoms with E-state index in [-0.39, 0.29) is 5.82 Å². The highest BCUT2D eigenvalue weighted by Gasteiger charge is 2.34. The number of benzene rings is 1. The van der Waals surface area contributed by atoms with E-state index in [4.69, 9.17) is 0 Å². The summed E-state index contributed by atoms with van der Waals surface area (Å²) >= 11 is 0. The molecule has 0 spiro atoms. The van der Waals surface area contributed by atoms with Crippen LogP contribution in [0, 0.1) is 12.7 Å². The van der Waals surface area contributed by atoms with Gasteiger partial charge in [0.2, 0.25) is 0 Å². The van der Waals surface area contributed by atoms with Crippen molar-refractivity contribution in [3.8, 4) is 0 Å². The molecule has 88 valence electrons. The van der Waals surface area contributed by atoms with Gasteiger partial charge in [-0.2, -0.15) is 0 Å². The summed E-state index contributed by atoms with van der Waals surface area (Å²) in [6.45, 7) is 4.80. The quantitative estimate of drug-likeness (QED) is 0.819. The molecule has 0 unspecified atom stereocenters. The molecule has 16 heavy (non-hydrogen) atoms. The van der Waals surface area contributed by atoms with E-state index in [2.05, 4.69) is 12.2 Å². The molecule has 1 aromatic carbocycles.